The average Bonchev–Trinajstić information content (AvgIpc) is 2.90. The first kappa shape index (κ1) is 12.6. The molecule has 0 saturated heterocycles. The molecule has 0 amide bonds. The molecule has 2 rings (SSSR count). The summed E-state index contributed by atoms with van der Waals surface area (Å²) in [5.41, 5.74) is -0.653. The van der Waals surface area contributed by atoms with E-state index in [0.29, 0.717) is 12.5 Å². The van der Waals surface area contributed by atoms with Gasteiger partial charge in [0.15, 0.2) is 0 Å². The minimum absolute atomic E-state index is 0.100. The third-order valence-electron chi connectivity index (χ3n) is 3.54. The molecule has 4 nitrogen and oxygen atoms in total. The van der Waals surface area contributed by atoms with Gasteiger partial charge in [0.05, 0.1) is 25.3 Å². The van der Waals surface area contributed by atoms with Crippen molar-refractivity contribution in [1.29, 1.82) is 0 Å². The van der Waals surface area contributed by atoms with Crippen LogP contribution in [0.1, 0.15) is 37.7 Å². The number of nitrogens with one attached hydrogen (secondary N) is 1. The van der Waals surface area contributed by atoms with Crippen molar-refractivity contribution in [3.63, 3.8) is 0 Å². The molecule has 1 saturated carbocycles. The molecule has 1 aromatic heterocycles. The molecule has 0 radical (unpaired) electrons. The Bertz CT molecular complexity index is 370. The Kier molecular flexibility index (Phi) is 3.56. The molecule has 3 N–H and O–H groups in total. The molecular weight excluding hydrogens is 218 g/mol. The standard InChI is InChI=1S/C13H21NO3/c1-9-5-11(9)12-4-3-10(17-12)6-14-13(2,7-15)8-16/h3-4,9,11,14-16H,5-8H2,1-2H3. The SMILES string of the molecule is CC1CC1c1ccc(CNC(C)(CO)CO)o1. The number of aliphatic hydroxyl groups excluding tert-OH is 2. The number of hydrogen-bond donors (Lipinski definition) is 3. The molecule has 17 heavy (non-hydrogen) atoms. The fourth-order valence-electron chi connectivity index (χ4n) is 1.87. The lowest BCUT2D eigenvalue weighted by Crippen LogP contribution is -2.48. The first-order valence-corrected chi connectivity index (χ1v) is 6.13. The second-order valence-corrected chi connectivity index (χ2v) is 5.35. The summed E-state index contributed by atoms with van der Waals surface area (Å²) >= 11 is 0. The molecule has 1 heterocycles. The molecule has 2 atom stereocenters. The first-order valence-electron chi connectivity index (χ1n) is 6.13. The van der Waals surface area contributed by atoms with E-state index in [0.717, 1.165) is 17.4 Å². The Hall–Kier alpha value is -0.840. The van der Waals surface area contributed by atoms with Crippen molar-refractivity contribution in [3.05, 3.63) is 23.7 Å². The van der Waals surface area contributed by atoms with Gasteiger partial charge in [-0.1, -0.05) is 6.92 Å². The maximum Gasteiger partial charge on any atom is 0.117 e. The summed E-state index contributed by atoms with van der Waals surface area (Å²) in [5, 5.41) is 21.4. The van der Waals surface area contributed by atoms with Crippen LogP contribution in [0.3, 0.4) is 0 Å². The van der Waals surface area contributed by atoms with Gasteiger partial charge in [0.1, 0.15) is 11.5 Å². The van der Waals surface area contributed by atoms with E-state index in [1.165, 1.54) is 6.42 Å². The lowest BCUT2D eigenvalue weighted by atomic mass is 10.1. The average molecular weight is 239 g/mol. The van der Waals surface area contributed by atoms with Crippen LogP contribution in [0, 0.1) is 5.92 Å². The van der Waals surface area contributed by atoms with Crippen molar-refractivity contribution in [1.82, 2.24) is 5.32 Å². The predicted octanol–water partition coefficient (Wildman–Crippen LogP) is 1.24. The zero-order chi connectivity index (χ0) is 12.5. The fourth-order valence-corrected chi connectivity index (χ4v) is 1.87. The summed E-state index contributed by atoms with van der Waals surface area (Å²) in [7, 11) is 0. The van der Waals surface area contributed by atoms with E-state index in [2.05, 4.69) is 12.2 Å². The number of aliphatic hydroxyl groups is 2. The Morgan fingerprint density at radius 3 is 2.59 bits per heavy atom. The Balaban J connectivity index is 1.89. The number of furan rings is 1. The Morgan fingerprint density at radius 2 is 2.06 bits per heavy atom. The summed E-state index contributed by atoms with van der Waals surface area (Å²) in [6.45, 7) is 4.33. The minimum Gasteiger partial charge on any atom is -0.464 e. The zero-order valence-corrected chi connectivity index (χ0v) is 10.4. The Labute approximate surface area is 102 Å². The van der Waals surface area contributed by atoms with Gasteiger partial charge in [0.2, 0.25) is 0 Å². The monoisotopic (exact) mass is 239 g/mol. The summed E-state index contributed by atoms with van der Waals surface area (Å²) < 4.78 is 5.74. The van der Waals surface area contributed by atoms with Gasteiger partial charge in [0.25, 0.3) is 0 Å². The van der Waals surface area contributed by atoms with Crippen LogP contribution < -0.4 is 5.32 Å². The normalized spacial score (nSPS) is 24.0. The van der Waals surface area contributed by atoms with Crippen LogP contribution in [0.15, 0.2) is 16.5 Å². The molecular formula is C13H21NO3. The van der Waals surface area contributed by atoms with Crippen molar-refractivity contribution in [2.45, 2.75) is 38.3 Å². The van der Waals surface area contributed by atoms with Gasteiger partial charge in [-0.2, -0.15) is 0 Å². The highest BCUT2D eigenvalue weighted by molar-refractivity contribution is 5.17. The van der Waals surface area contributed by atoms with Crippen molar-refractivity contribution >= 4 is 0 Å². The summed E-state index contributed by atoms with van der Waals surface area (Å²) in [6.07, 6.45) is 1.21. The smallest absolute Gasteiger partial charge is 0.117 e. The lowest BCUT2D eigenvalue weighted by molar-refractivity contribution is 0.101. The summed E-state index contributed by atoms with van der Waals surface area (Å²) in [5.74, 6) is 3.24. The molecule has 0 aromatic carbocycles. The topological polar surface area (TPSA) is 65.6 Å². The molecule has 4 heteroatoms. The highest BCUT2D eigenvalue weighted by Crippen LogP contribution is 2.47. The molecule has 1 aliphatic carbocycles. The van der Waals surface area contributed by atoms with Gasteiger partial charge in [0, 0.05) is 5.92 Å². The minimum atomic E-state index is -0.653. The van der Waals surface area contributed by atoms with Gasteiger partial charge in [-0.3, -0.25) is 0 Å². The van der Waals surface area contributed by atoms with Crippen molar-refractivity contribution in [2.24, 2.45) is 5.92 Å². The summed E-state index contributed by atoms with van der Waals surface area (Å²) in [4.78, 5) is 0. The van der Waals surface area contributed by atoms with Crippen LogP contribution in [0.25, 0.3) is 0 Å². The van der Waals surface area contributed by atoms with Crippen LogP contribution in [0.5, 0.6) is 0 Å². The lowest BCUT2D eigenvalue weighted by Gasteiger charge is -2.25. The van der Waals surface area contributed by atoms with Crippen molar-refractivity contribution < 1.29 is 14.6 Å². The van der Waals surface area contributed by atoms with E-state index < -0.39 is 5.54 Å². The van der Waals surface area contributed by atoms with Crippen LogP contribution in [-0.2, 0) is 6.54 Å². The van der Waals surface area contributed by atoms with Crippen molar-refractivity contribution in [2.75, 3.05) is 13.2 Å². The van der Waals surface area contributed by atoms with Crippen LogP contribution in [-0.4, -0.2) is 29.0 Å². The van der Waals surface area contributed by atoms with E-state index in [4.69, 9.17) is 14.6 Å². The zero-order valence-electron chi connectivity index (χ0n) is 10.4. The van der Waals surface area contributed by atoms with E-state index in [1.807, 2.05) is 12.1 Å². The largest absolute Gasteiger partial charge is 0.464 e. The van der Waals surface area contributed by atoms with E-state index in [9.17, 15) is 0 Å². The van der Waals surface area contributed by atoms with E-state index in [-0.39, 0.29) is 13.2 Å². The van der Waals surface area contributed by atoms with E-state index in [1.54, 1.807) is 6.92 Å². The molecule has 0 aliphatic heterocycles. The van der Waals surface area contributed by atoms with Crippen LogP contribution in [0.2, 0.25) is 0 Å². The third kappa shape index (κ3) is 2.89. The second-order valence-electron chi connectivity index (χ2n) is 5.35. The molecule has 1 fully saturated rings. The van der Waals surface area contributed by atoms with Crippen LogP contribution in [0.4, 0.5) is 0 Å². The maximum atomic E-state index is 9.15. The summed E-state index contributed by atoms with van der Waals surface area (Å²) in [6, 6.07) is 3.99. The first-order chi connectivity index (χ1) is 8.08. The fraction of sp³-hybridized carbons (Fsp3) is 0.692. The van der Waals surface area contributed by atoms with Gasteiger partial charge >= 0.3 is 0 Å². The van der Waals surface area contributed by atoms with Crippen LogP contribution >= 0.6 is 0 Å². The molecule has 96 valence electrons. The quantitative estimate of drug-likeness (QED) is 0.698. The van der Waals surface area contributed by atoms with Gasteiger partial charge < -0.3 is 19.9 Å². The number of rotatable bonds is 6. The third-order valence-corrected chi connectivity index (χ3v) is 3.54. The van der Waals surface area contributed by atoms with E-state index >= 15 is 0 Å². The highest BCUT2D eigenvalue weighted by Gasteiger charge is 2.36. The Morgan fingerprint density at radius 1 is 1.41 bits per heavy atom. The molecule has 0 bridgehead atoms. The van der Waals surface area contributed by atoms with Gasteiger partial charge in [-0.25, -0.2) is 0 Å². The second kappa shape index (κ2) is 4.80. The molecule has 1 aromatic rings. The van der Waals surface area contributed by atoms with Gasteiger partial charge in [-0.05, 0) is 31.4 Å². The molecule has 0 spiro atoms. The maximum absolute atomic E-state index is 9.15. The predicted molar refractivity (Wildman–Crippen MR) is 64.6 cm³/mol. The van der Waals surface area contributed by atoms with Crippen molar-refractivity contribution in [3.8, 4) is 0 Å². The molecule has 2 unspecified atom stereocenters. The van der Waals surface area contributed by atoms with Gasteiger partial charge in [-0.15, -0.1) is 0 Å². The number of hydrogen-bond acceptors (Lipinski definition) is 4. The highest BCUT2D eigenvalue weighted by atomic mass is 16.3. The molecule has 1 aliphatic rings.